The predicted octanol–water partition coefficient (Wildman–Crippen LogP) is 1.50. The molecule has 2 aromatic rings. The first-order valence-electron chi connectivity index (χ1n) is 6.79. The van der Waals surface area contributed by atoms with E-state index in [0.29, 0.717) is 5.88 Å². The summed E-state index contributed by atoms with van der Waals surface area (Å²) in [7, 11) is 3.54. The van der Waals surface area contributed by atoms with Crippen molar-refractivity contribution in [1.29, 1.82) is 0 Å². The minimum atomic E-state index is 0.135. The van der Waals surface area contributed by atoms with Gasteiger partial charge in [-0.2, -0.15) is 5.10 Å². The van der Waals surface area contributed by atoms with E-state index in [9.17, 15) is 0 Å². The van der Waals surface area contributed by atoms with Crippen molar-refractivity contribution in [1.82, 2.24) is 25.1 Å². The van der Waals surface area contributed by atoms with Crippen molar-refractivity contribution in [3.8, 4) is 5.88 Å². The van der Waals surface area contributed by atoms with Crippen LogP contribution in [-0.4, -0.2) is 33.4 Å². The van der Waals surface area contributed by atoms with Crippen LogP contribution in [0, 0.1) is 0 Å². The summed E-state index contributed by atoms with van der Waals surface area (Å²) in [5.41, 5.74) is 2.12. The van der Waals surface area contributed by atoms with Crippen LogP contribution < -0.4 is 10.1 Å². The van der Waals surface area contributed by atoms with E-state index in [1.54, 1.807) is 7.11 Å². The van der Waals surface area contributed by atoms with E-state index >= 15 is 0 Å². The van der Waals surface area contributed by atoms with Gasteiger partial charge in [0.25, 0.3) is 0 Å². The van der Waals surface area contributed by atoms with Crippen LogP contribution in [0.25, 0.3) is 0 Å². The average Bonchev–Trinajstić information content (AvgIpc) is 2.88. The minimum absolute atomic E-state index is 0.135. The summed E-state index contributed by atoms with van der Waals surface area (Å²) in [6, 6.07) is 2.01. The molecule has 2 heterocycles. The molecule has 0 bridgehead atoms. The molecule has 0 aliphatic carbocycles. The van der Waals surface area contributed by atoms with Crippen molar-refractivity contribution in [3.63, 3.8) is 0 Å². The van der Waals surface area contributed by atoms with Crippen molar-refractivity contribution in [3.05, 3.63) is 36.0 Å². The van der Waals surface area contributed by atoms with Gasteiger partial charge in [-0.05, 0) is 24.9 Å². The van der Waals surface area contributed by atoms with Gasteiger partial charge in [0, 0.05) is 19.3 Å². The zero-order valence-electron chi connectivity index (χ0n) is 12.2. The van der Waals surface area contributed by atoms with Gasteiger partial charge in [0.1, 0.15) is 6.33 Å². The van der Waals surface area contributed by atoms with Crippen molar-refractivity contribution in [2.24, 2.45) is 7.05 Å². The van der Waals surface area contributed by atoms with Crippen LogP contribution in [0.2, 0.25) is 0 Å². The Morgan fingerprint density at radius 3 is 2.90 bits per heavy atom. The molecule has 20 heavy (non-hydrogen) atoms. The lowest BCUT2D eigenvalue weighted by atomic mass is 10.1. The summed E-state index contributed by atoms with van der Waals surface area (Å²) in [4.78, 5) is 8.42. The second kappa shape index (κ2) is 7.00. The summed E-state index contributed by atoms with van der Waals surface area (Å²) in [5.74, 6) is 0.587. The second-order valence-electron chi connectivity index (χ2n) is 4.72. The van der Waals surface area contributed by atoms with Gasteiger partial charge < -0.3 is 10.1 Å². The summed E-state index contributed by atoms with van der Waals surface area (Å²) in [6.45, 7) is 3.09. The Labute approximate surface area is 119 Å². The number of hydrogen-bond acceptors (Lipinski definition) is 5. The summed E-state index contributed by atoms with van der Waals surface area (Å²) < 4.78 is 6.98. The molecule has 108 valence electrons. The molecule has 0 saturated carbocycles. The molecule has 0 radical (unpaired) electrons. The van der Waals surface area contributed by atoms with Crippen LogP contribution in [0.5, 0.6) is 5.88 Å². The molecule has 6 nitrogen and oxygen atoms in total. The molecular weight excluding hydrogens is 254 g/mol. The molecule has 2 aromatic heterocycles. The Morgan fingerprint density at radius 2 is 2.25 bits per heavy atom. The molecule has 0 aliphatic heterocycles. The summed E-state index contributed by atoms with van der Waals surface area (Å²) in [6.07, 6.45) is 7.37. The highest BCUT2D eigenvalue weighted by atomic mass is 16.5. The van der Waals surface area contributed by atoms with E-state index in [2.05, 4.69) is 27.3 Å². The summed E-state index contributed by atoms with van der Waals surface area (Å²) >= 11 is 0. The lowest BCUT2D eigenvalue weighted by Gasteiger charge is -2.17. The molecule has 1 N–H and O–H groups in total. The Kier molecular flexibility index (Phi) is 5.06. The first-order valence-corrected chi connectivity index (χ1v) is 6.79. The number of aryl methyl sites for hydroxylation is 1. The third-order valence-electron chi connectivity index (χ3n) is 3.07. The lowest BCUT2D eigenvalue weighted by molar-refractivity contribution is 0.393. The number of ether oxygens (including phenoxy) is 1. The van der Waals surface area contributed by atoms with Gasteiger partial charge in [-0.1, -0.05) is 6.92 Å². The topological polar surface area (TPSA) is 64.9 Å². The Balaban J connectivity index is 2.17. The van der Waals surface area contributed by atoms with Crippen LogP contribution in [0.15, 0.2) is 24.8 Å². The fourth-order valence-electron chi connectivity index (χ4n) is 2.07. The SMILES string of the molecule is CCCNC(Cc1cnn(C)c1)c1cc(OC)ncn1. The molecule has 6 heteroatoms. The quantitative estimate of drug-likeness (QED) is 0.829. The highest BCUT2D eigenvalue weighted by molar-refractivity contribution is 5.19. The average molecular weight is 275 g/mol. The standard InChI is InChI=1S/C14H21N5O/c1-4-5-15-12(6-11-8-18-19(2)9-11)13-7-14(20-3)17-10-16-13/h7-10,12,15H,4-6H2,1-3H3. The van der Waals surface area contributed by atoms with Crippen molar-refractivity contribution >= 4 is 0 Å². The third-order valence-corrected chi connectivity index (χ3v) is 3.07. The van der Waals surface area contributed by atoms with Gasteiger partial charge in [0.15, 0.2) is 0 Å². The zero-order chi connectivity index (χ0) is 14.4. The molecule has 0 saturated heterocycles. The molecule has 0 fully saturated rings. The van der Waals surface area contributed by atoms with Gasteiger partial charge in [-0.25, -0.2) is 9.97 Å². The molecule has 0 aromatic carbocycles. The van der Waals surface area contributed by atoms with E-state index in [0.717, 1.165) is 25.1 Å². The van der Waals surface area contributed by atoms with Crippen molar-refractivity contribution in [2.75, 3.05) is 13.7 Å². The minimum Gasteiger partial charge on any atom is -0.481 e. The number of aromatic nitrogens is 4. The molecule has 0 spiro atoms. The fraction of sp³-hybridized carbons (Fsp3) is 0.500. The molecule has 0 amide bonds. The van der Waals surface area contributed by atoms with Gasteiger partial charge in [-0.15, -0.1) is 0 Å². The molecule has 1 unspecified atom stereocenters. The Morgan fingerprint density at radius 1 is 1.40 bits per heavy atom. The number of hydrogen-bond donors (Lipinski definition) is 1. The highest BCUT2D eigenvalue weighted by Gasteiger charge is 2.15. The maximum Gasteiger partial charge on any atom is 0.216 e. The monoisotopic (exact) mass is 275 g/mol. The molecule has 2 rings (SSSR count). The van der Waals surface area contributed by atoms with Gasteiger partial charge in [0.2, 0.25) is 5.88 Å². The second-order valence-corrected chi connectivity index (χ2v) is 4.72. The van der Waals surface area contributed by atoms with E-state index in [-0.39, 0.29) is 6.04 Å². The van der Waals surface area contributed by atoms with Crippen molar-refractivity contribution < 1.29 is 4.74 Å². The molecular formula is C14H21N5O. The first kappa shape index (κ1) is 14.5. The normalized spacial score (nSPS) is 12.3. The van der Waals surface area contributed by atoms with Gasteiger partial charge >= 0.3 is 0 Å². The van der Waals surface area contributed by atoms with Gasteiger partial charge in [-0.3, -0.25) is 4.68 Å². The Bertz CT molecular complexity index is 540. The zero-order valence-corrected chi connectivity index (χ0v) is 12.2. The lowest BCUT2D eigenvalue weighted by Crippen LogP contribution is -2.25. The number of rotatable bonds is 7. The van der Waals surface area contributed by atoms with E-state index < -0.39 is 0 Å². The molecule has 1 atom stereocenters. The van der Waals surface area contributed by atoms with E-state index in [1.165, 1.54) is 11.9 Å². The number of methoxy groups -OCH3 is 1. The molecule has 0 aliphatic rings. The van der Waals surface area contributed by atoms with Gasteiger partial charge in [0.05, 0.1) is 25.0 Å². The van der Waals surface area contributed by atoms with Crippen LogP contribution in [0.1, 0.15) is 30.6 Å². The van der Waals surface area contributed by atoms with E-state index in [1.807, 2.05) is 30.2 Å². The third kappa shape index (κ3) is 3.77. The van der Waals surface area contributed by atoms with Crippen LogP contribution in [-0.2, 0) is 13.5 Å². The van der Waals surface area contributed by atoms with Crippen LogP contribution in [0.3, 0.4) is 0 Å². The van der Waals surface area contributed by atoms with E-state index in [4.69, 9.17) is 4.74 Å². The van der Waals surface area contributed by atoms with Crippen LogP contribution in [0.4, 0.5) is 0 Å². The fourth-order valence-corrected chi connectivity index (χ4v) is 2.07. The Hall–Kier alpha value is -1.95. The predicted molar refractivity (Wildman–Crippen MR) is 76.5 cm³/mol. The maximum atomic E-state index is 5.17. The maximum absolute atomic E-state index is 5.17. The smallest absolute Gasteiger partial charge is 0.216 e. The number of nitrogens with zero attached hydrogens (tertiary/aromatic N) is 4. The first-order chi connectivity index (χ1) is 9.72. The van der Waals surface area contributed by atoms with Crippen LogP contribution >= 0.6 is 0 Å². The highest BCUT2D eigenvalue weighted by Crippen LogP contribution is 2.18. The largest absolute Gasteiger partial charge is 0.481 e. The number of nitrogens with one attached hydrogen (secondary N) is 1. The summed E-state index contributed by atoms with van der Waals surface area (Å²) in [5, 5.41) is 7.72. The van der Waals surface area contributed by atoms with Crippen molar-refractivity contribution in [2.45, 2.75) is 25.8 Å².